The summed E-state index contributed by atoms with van der Waals surface area (Å²) in [6.45, 7) is 0. The molecule has 0 aliphatic rings. The Morgan fingerprint density at radius 1 is 0.968 bits per heavy atom. The van der Waals surface area contributed by atoms with Crippen LogP contribution in [0.3, 0.4) is 0 Å². The number of carboxylic acid groups (broad SMARTS) is 1. The first kappa shape index (κ1) is 20.7. The molecular weight excluding hydrogens is 424 g/mol. The molecule has 1 heterocycles. The van der Waals surface area contributed by atoms with Gasteiger partial charge in [0.25, 0.3) is 10.0 Å². The number of hydrogen-bond donors (Lipinski definition) is 1. The average Bonchev–Trinajstić information content (AvgIpc) is 3.14. The molecule has 4 rings (SSSR count). The van der Waals surface area contributed by atoms with Crippen LogP contribution in [0, 0.1) is 11.6 Å². The Labute approximate surface area is 177 Å². The van der Waals surface area contributed by atoms with Gasteiger partial charge in [-0.2, -0.15) is 0 Å². The highest BCUT2D eigenvalue weighted by molar-refractivity contribution is 7.90. The van der Waals surface area contributed by atoms with E-state index in [2.05, 4.69) is 0 Å². The standard InChI is InChI=1S/C23H17F2NO4S/c24-20-9-4-8-19(23(20)25)15-5-3-6-17(13-15)31(29,30)26-14-16(11-12-22(27)28)18-7-1-2-10-21(18)26/h1-10,13-14H,11-12H2,(H,27,28). The summed E-state index contributed by atoms with van der Waals surface area (Å²) < 4.78 is 55.8. The van der Waals surface area contributed by atoms with Gasteiger partial charge < -0.3 is 5.11 Å². The Morgan fingerprint density at radius 3 is 2.48 bits per heavy atom. The van der Waals surface area contributed by atoms with E-state index in [1.165, 1.54) is 42.6 Å². The molecule has 8 heteroatoms. The van der Waals surface area contributed by atoms with Gasteiger partial charge in [-0.15, -0.1) is 0 Å². The predicted octanol–water partition coefficient (Wildman–Crippen LogP) is 4.84. The number of carbonyl (C=O) groups is 1. The van der Waals surface area contributed by atoms with Gasteiger partial charge in [-0.05, 0) is 41.8 Å². The third kappa shape index (κ3) is 3.82. The molecule has 0 amide bonds. The third-order valence-electron chi connectivity index (χ3n) is 5.02. The molecule has 0 radical (unpaired) electrons. The second kappa shape index (κ2) is 7.96. The summed E-state index contributed by atoms with van der Waals surface area (Å²) in [5, 5.41) is 9.63. The van der Waals surface area contributed by atoms with Crippen molar-refractivity contribution in [3.8, 4) is 11.1 Å². The summed E-state index contributed by atoms with van der Waals surface area (Å²) in [5.74, 6) is -3.06. The van der Waals surface area contributed by atoms with Crippen molar-refractivity contribution >= 4 is 26.9 Å². The lowest BCUT2D eigenvalue weighted by molar-refractivity contribution is -0.136. The van der Waals surface area contributed by atoms with E-state index in [-0.39, 0.29) is 28.9 Å². The zero-order valence-corrected chi connectivity index (χ0v) is 16.9. The van der Waals surface area contributed by atoms with Crippen LogP contribution >= 0.6 is 0 Å². The number of aryl methyl sites for hydroxylation is 1. The molecule has 1 N–H and O–H groups in total. The van der Waals surface area contributed by atoms with Crippen molar-refractivity contribution in [2.75, 3.05) is 0 Å². The highest BCUT2D eigenvalue weighted by atomic mass is 32.2. The summed E-state index contributed by atoms with van der Waals surface area (Å²) in [7, 11) is -4.08. The fraction of sp³-hybridized carbons (Fsp3) is 0.0870. The van der Waals surface area contributed by atoms with Crippen molar-refractivity contribution in [2.24, 2.45) is 0 Å². The highest BCUT2D eigenvalue weighted by Crippen LogP contribution is 2.30. The molecule has 4 aromatic rings. The maximum absolute atomic E-state index is 14.2. The maximum Gasteiger partial charge on any atom is 0.303 e. The molecule has 0 aliphatic carbocycles. The van der Waals surface area contributed by atoms with Gasteiger partial charge in [-0.1, -0.05) is 42.5 Å². The predicted molar refractivity (Wildman–Crippen MR) is 112 cm³/mol. The number of rotatable bonds is 6. The Hall–Kier alpha value is -3.52. The number of benzene rings is 3. The number of aromatic nitrogens is 1. The van der Waals surface area contributed by atoms with Crippen molar-refractivity contribution in [1.82, 2.24) is 3.97 Å². The Morgan fingerprint density at radius 2 is 1.71 bits per heavy atom. The van der Waals surface area contributed by atoms with Crippen molar-refractivity contribution < 1.29 is 27.1 Å². The van der Waals surface area contributed by atoms with Gasteiger partial charge in [0.2, 0.25) is 0 Å². The van der Waals surface area contributed by atoms with Gasteiger partial charge in [0.1, 0.15) is 0 Å². The molecule has 158 valence electrons. The van der Waals surface area contributed by atoms with Gasteiger partial charge in [-0.25, -0.2) is 21.2 Å². The maximum atomic E-state index is 14.2. The molecule has 31 heavy (non-hydrogen) atoms. The number of carboxylic acids is 1. The largest absolute Gasteiger partial charge is 0.481 e. The first-order valence-electron chi connectivity index (χ1n) is 9.40. The van der Waals surface area contributed by atoms with Crippen LogP contribution in [-0.2, 0) is 21.2 Å². The van der Waals surface area contributed by atoms with E-state index in [1.54, 1.807) is 24.3 Å². The molecular formula is C23H17F2NO4S. The van der Waals surface area contributed by atoms with Gasteiger partial charge in [0, 0.05) is 23.6 Å². The minimum absolute atomic E-state index is 0.0449. The lowest BCUT2D eigenvalue weighted by Gasteiger charge is -2.10. The number of nitrogens with zero attached hydrogens (tertiary/aromatic N) is 1. The smallest absolute Gasteiger partial charge is 0.303 e. The lowest BCUT2D eigenvalue weighted by atomic mass is 10.1. The van der Waals surface area contributed by atoms with Gasteiger partial charge in [0.15, 0.2) is 11.6 Å². The molecule has 0 saturated carbocycles. The number of hydrogen-bond acceptors (Lipinski definition) is 3. The third-order valence-corrected chi connectivity index (χ3v) is 6.69. The summed E-state index contributed by atoms with van der Waals surface area (Å²) >= 11 is 0. The van der Waals surface area contributed by atoms with Gasteiger partial charge in [0.05, 0.1) is 10.4 Å². The van der Waals surface area contributed by atoms with E-state index in [4.69, 9.17) is 5.11 Å². The Balaban J connectivity index is 1.84. The van der Waals surface area contributed by atoms with E-state index < -0.39 is 27.6 Å². The van der Waals surface area contributed by atoms with E-state index in [0.29, 0.717) is 16.5 Å². The normalized spacial score (nSPS) is 11.7. The van der Waals surface area contributed by atoms with Crippen LogP contribution in [0.2, 0.25) is 0 Å². The number of fused-ring (bicyclic) bond motifs is 1. The van der Waals surface area contributed by atoms with Gasteiger partial charge in [-0.3, -0.25) is 4.79 Å². The van der Waals surface area contributed by atoms with Crippen molar-refractivity contribution in [3.05, 3.63) is 90.1 Å². The first-order chi connectivity index (χ1) is 14.8. The van der Waals surface area contributed by atoms with Crippen molar-refractivity contribution in [3.63, 3.8) is 0 Å². The molecule has 0 atom stereocenters. The quantitative estimate of drug-likeness (QED) is 0.465. The van der Waals surface area contributed by atoms with Crippen LogP contribution in [0.25, 0.3) is 22.0 Å². The van der Waals surface area contributed by atoms with E-state index in [9.17, 15) is 22.0 Å². The van der Waals surface area contributed by atoms with Crippen LogP contribution < -0.4 is 0 Å². The molecule has 1 aromatic heterocycles. The summed E-state index contributed by atoms with van der Waals surface area (Å²) in [5.41, 5.74) is 1.18. The minimum Gasteiger partial charge on any atom is -0.481 e. The fourth-order valence-electron chi connectivity index (χ4n) is 3.52. The van der Waals surface area contributed by atoms with E-state index in [0.717, 1.165) is 10.0 Å². The number of halogens is 2. The SMILES string of the molecule is O=C(O)CCc1cn(S(=O)(=O)c2cccc(-c3cccc(F)c3F)c2)c2ccccc12. The van der Waals surface area contributed by atoms with Crippen LogP contribution in [0.5, 0.6) is 0 Å². The minimum atomic E-state index is -4.08. The summed E-state index contributed by atoms with van der Waals surface area (Å²) in [6.07, 6.45) is 1.45. The van der Waals surface area contributed by atoms with Crippen LogP contribution in [-0.4, -0.2) is 23.5 Å². The van der Waals surface area contributed by atoms with E-state index in [1.807, 2.05) is 0 Å². The molecule has 0 aliphatic heterocycles. The van der Waals surface area contributed by atoms with Crippen LogP contribution in [0.1, 0.15) is 12.0 Å². The lowest BCUT2D eigenvalue weighted by Crippen LogP contribution is -2.12. The first-order valence-corrected chi connectivity index (χ1v) is 10.8. The molecule has 0 saturated heterocycles. The topological polar surface area (TPSA) is 76.4 Å². The monoisotopic (exact) mass is 441 g/mol. The summed E-state index contributed by atoms with van der Waals surface area (Å²) in [4.78, 5) is 10.9. The number of para-hydroxylation sites is 1. The number of aliphatic carboxylic acids is 1. The Kier molecular flexibility index (Phi) is 5.32. The van der Waals surface area contributed by atoms with Crippen molar-refractivity contribution in [2.45, 2.75) is 17.7 Å². The molecule has 0 spiro atoms. The molecule has 0 bridgehead atoms. The zero-order chi connectivity index (χ0) is 22.2. The Bertz CT molecular complexity index is 1410. The second-order valence-electron chi connectivity index (χ2n) is 7.00. The fourth-order valence-corrected chi connectivity index (χ4v) is 4.96. The van der Waals surface area contributed by atoms with Gasteiger partial charge >= 0.3 is 5.97 Å². The zero-order valence-electron chi connectivity index (χ0n) is 16.1. The van der Waals surface area contributed by atoms with Crippen LogP contribution in [0.15, 0.2) is 77.8 Å². The van der Waals surface area contributed by atoms with Crippen LogP contribution in [0.4, 0.5) is 8.78 Å². The van der Waals surface area contributed by atoms with E-state index >= 15 is 0 Å². The highest BCUT2D eigenvalue weighted by Gasteiger charge is 2.22. The second-order valence-corrected chi connectivity index (χ2v) is 8.81. The molecule has 0 unspecified atom stereocenters. The molecule has 5 nitrogen and oxygen atoms in total. The molecule has 3 aromatic carbocycles. The molecule has 0 fully saturated rings. The van der Waals surface area contributed by atoms with Crippen molar-refractivity contribution in [1.29, 1.82) is 0 Å². The average molecular weight is 441 g/mol. The summed E-state index contributed by atoms with van der Waals surface area (Å²) in [6, 6.07) is 16.1.